The quantitative estimate of drug-likeness (QED) is 0.644. The van der Waals surface area contributed by atoms with E-state index >= 15 is 0 Å². The van der Waals surface area contributed by atoms with Crippen LogP contribution in [0.4, 0.5) is 5.69 Å². The summed E-state index contributed by atoms with van der Waals surface area (Å²) in [6, 6.07) is 6.93. The van der Waals surface area contributed by atoms with Gasteiger partial charge in [-0.15, -0.1) is 0 Å². The Labute approximate surface area is 149 Å². The van der Waals surface area contributed by atoms with Crippen molar-refractivity contribution in [2.24, 2.45) is 0 Å². The third-order valence-electron chi connectivity index (χ3n) is 3.94. The second-order valence-corrected chi connectivity index (χ2v) is 7.53. The van der Waals surface area contributed by atoms with Gasteiger partial charge in [-0.05, 0) is 56.9 Å². The summed E-state index contributed by atoms with van der Waals surface area (Å²) < 4.78 is 0. The molecule has 5 nitrogen and oxygen atoms in total. The first-order valence-corrected chi connectivity index (χ1v) is 9.14. The number of nitrogens with zero attached hydrogens (tertiary/aromatic N) is 1. The Morgan fingerprint density at radius 3 is 2.75 bits per heavy atom. The Bertz CT molecular complexity index is 804. The highest BCUT2D eigenvalue weighted by Crippen LogP contribution is 2.23. The van der Waals surface area contributed by atoms with Gasteiger partial charge < -0.3 is 10.3 Å². The number of anilines is 1. The van der Waals surface area contributed by atoms with Gasteiger partial charge in [0.05, 0.1) is 10.9 Å². The number of carbonyl (C=O) groups is 1. The molecule has 1 amide bonds. The number of rotatable bonds is 4. The van der Waals surface area contributed by atoms with Crippen molar-refractivity contribution in [3.05, 3.63) is 50.9 Å². The van der Waals surface area contributed by atoms with E-state index in [1.54, 1.807) is 31.2 Å². The molecule has 3 rings (SSSR count). The molecule has 1 heterocycles. The smallest absolute Gasteiger partial charge is 0.254 e. The van der Waals surface area contributed by atoms with Crippen molar-refractivity contribution < 1.29 is 4.79 Å². The zero-order chi connectivity index (χ0) is 17.1. The highest BCUT2D eigenvalue weighted by Gasteiger charge is 2.19. The summed E-state index contributed by atoms with van der Waals surface area (Å²) in [5.41, 5.74) is 2.28. The molecule has 0 bridgehead atoms. The van der Waals surface area contributed by atoms with Crippen LogP contribution in [0.2, 0.25) is 5.02 Å². The maximum atomic E-state index is 12.3. The molecule has 7 heteroatoms. The van der Waals surface area contributed by atoms with Crippen LogP contribution in [0, 0.1) is 0 Å². The first-order chi connectivity index (χ1) is 11.5. The van der Waals surface area contributed by atoms with Gasteiger partial charge in [-0.25, -0.2) is 4.98 Å². The molecule has 0 saturated heterocycles. The number of aromatic amines is 1. The third kappa shape index (κ3) is 3.99. The van der Waals surface area contributed by atoms with Gasteiger partial charge in [0.25, 0.3) is 5.56 Å². The SMILES string of the molecule is C[C@H](Sc1nc2c(c(=O)[nH]1)CCCC2)C(=O)Nc1ccc(Cl)cc1. The number of hydrogen-bond acceptors (Lipinski definition) is 4. The molecular formula is C17H18ClN3O2S. The van der Waals surface area contributed by atoms with Crippen LogP contribution in [-0.4, -0.2) is 21.1 Å². The third-order valence-corrected chi connectivity index (χ3v) is 5.18. The summed E-state index contributed by atoms with van der Waals surface area (Å²) >= 11 is 7.09. The van der Waals surface area contributed by atoms with Crippen molar-refractivity contribution in [3.8, 4) is 0 Å². The van der Waals surface area contributed by atoms with E-state index < -0.39 is 0 Å². The number of halogens is 1. The molecule has 1 atom stereocenters. The molecule has 1 aliphatic rings. The first kappa shape index (κ1) is 17.0. The molecule has 2 N–H and O–H groups in total. The van der Waals surface area contributed by atoms with Crippen molar-refractivity contribution in [2.45, 2.75) is 43.0 Å². The van der Waals surface area contributed by atoms with Gasteiger partial charge >= 0.3 is 0 Å². The zero-order valence-corrected chi connectivity index (χ0v) is 14.8. The van der Waals surface area contributed by atoms with Crippen LogP contribution in [0.3, 0.4) is 0 Å². The molecule has 1 aromatic carbocycles. The monoisotopic (exact) mass is 363 g/mol. The van der Waals surface area contributed by atoms with Crippen molar-refractivity contribution >= 4 is 35.0 Å². The van der Waals surface area contributed by atoms with E-state index in [4.69, 9.17) is 11.6 Å². The van der Waals surface area contributed by atoms with Crippen molar-refractivity contribution in [3.63, 3.8) is 0 Å². The summed E-state index contributed by atoms with van der Waals surface area (Å²) in [6.45, 7) is 1.79. The molecule has 0 unspecified atom stereocenters. The second kappa shape index (κ2) is 7.40. The highest BCUT2D eigenvalue weighted by atomic mass is 35.5. The van der Waals surface area contributed by atoms with E-state index in [9.17, 15) is 9.59 Å². The topological polar surface area (TPSA) is 74.8 Å². The van der Waals surface area contributed by atoms with Gasteiger partial charge in [0.2, 0.25) is 5.91 Å². The molecular weight excluding hydrogens is 346 g/mol. The van der Waals surface area contributed by atoms with E-state index in [-0.39, 0.29) is 16.7 Å². The van der Waals surface area contributed by atoms with Crippen LogP contribution >= 0.6 is 23.4 Å². The Hall–Kier alpha value is -1.79. The summed E-state index contributed by atoms with van der Waals surface area (Å²) in [4.78, 5) is 31.7. The molecule has 2 aromatic rings. The molecule has 0 radical (unpaired) electrons. The Morgan fingerprint density at radius 1 is 1.29 bits per heavy atom. The average molecular weight is 364 g/mol. The minimum Gasteiger partial charge on any atom is -0.325 e. The number of carbonyl (C=O) groups excluding carboxylic acids is 1. The van der Waals surface area contributed by atoms with E-state index in [0.29, 0.717) is 15.9 Å². The predicted octanol–water partition coefficient (Wildman–Crippen LogP) is 3.42. The molecule has 1 aliphatic carbocycles. The molecule has 0 aliphatic heterocycles. The summed E-state index contributed by atoms with van der Waals surface area (Å²) in [7, 11) is 0. The second-order valence-electron chi connectivity index (χ2n) is 5.76. The minimum atomic E-state index is -0.384. The number of H-pyrrole nitrogens is 1. The Morgan fingerprint density at radius 2 is 2.00 bits per heavy atom. The number of fused-ring (bicyclic) bond motifs is 1. The fourth-order valence-corrected chi connectivity index (χ4v) is 3.58. The normalized spacial score (nSPS) is 14.8. The van der Waals surface area contributed by atoms with Crippen molar-refractivity contribution in [2.75, 3.05) is 5.32 Å². The molecule has 0 saturated carbocycles. The lowest BCUT2D eigenvalue weighted by molar-refractivity contribution is -0.115. The molecule has 126 valence electrons. The molecule has 0 fully saturated rings. The summed E-state index contributed by atoms with van der Waals surface area (Å²) in [6.07, 6.45) is 3.71. The lowest BCUT2D eigenvalue weighted by Gasteiger charge is -2.16. The van der Waals surface area contributed by atoms with Gasteiger partial charge in [-0.2, -0.15) is 0 Å². The van der Waals surface area contributed by atoms with E-state index in [1.165, 1.54) is 11.8 Å². The number of thioether (sulfide) groups is 1. The largest absolute Gasteiger partial charge is 0.325 e. The fourth-order valence-electron chi connectivity index (χ4n) is 2.63. The number of aromatic nitrogens is 2. The van der Waals surface area contributed by atoms with E-state index in [2.05, 4.69) is 15.3 Å². The maximum absolute atomic E-state index is 12.3. The standard InChI is InChI=1S/C17H18ClN3O2S/c1-10(15(22)19-12-8-6-11(18)7-9-12)24-17-20-14-5-3-2-4-13(14)16(23)21-17/h6-10H,2-5H2,1H3,(H,19,22)(H,20,21,23)/t10-/m0/s1. The van der Waals surface area contributed by atoms with Gasteiger partial charge in [-0.3, -0.25) is 9.59 Å². The highest BCUT2D eigenvalue weighted by molar-refractivity contribution is 8.00. The van der Waals surface area contributed by atoms with Gasteiger partial charge in [0.1, 0.15) is 0 Å². The zero-order valence-electron chi connectivity index (χ0n) is 13.3. The van der Waals surface area contributed by atoms with E-state index in [1.807, 2.05) is 0 Å². The lowest BCUT2D eigenvalue weighted by atomic mass is 9.97. The van der Waals surface area contributed by atoms with Crippen molar-refractivity contribution in [1.82, 2.24) is 9.97 Å². The first-order valence-electron chi connectivity index (χ1n) is 7.88. The van der Waals surface area contributed by atoms with Crippen LogP contribution in [0.5, 0.6) is 0 Å². The van der Waals surface area contributed by atoms with Gasteiger partial charge in [-0.1, -0.05) is 23.4 Å². The predicted molar refractivity (Wildman–Crippen MR) is 96.9 cm³/mol. The number of nitrogens with one attached hydrogen (secondary N) is 2. The lowest BCUT2D eigenvalue weighted by Crippen LogP contribution is -2.25. The number of hydrogen-bond donors (Lipinski definition) is 2. The minimum absolute atomic E-state index is 0.0764. The van der Waals surface area contributed by atoms with E-state index in [0.717, 1.165) is 36.9 Å². The summed E-state index contributed by atoms with van der Waals surface area (Å²) in [5, 5.41) is 3.56. The molecule has 24 heavy (non-hydrogen) atoms. The van der Waals surface area contributed by atoms with Crippen LogP contribution < -0.4 is 10.9 Å². The fraction of sp³-hybridized carbons (Fsp3) is 0.353. The van der Waals surface area contributed by atoms with Crippen LogP contribution in [0.15, 0.2) is 34.2 Å². The molecule has 1 aromatic heterocycles. The average Bonchev–Trinajstić information content (AvgIpc) is 2.57. The summed E-state index contributed by atoms with van der Waals surface area (Å²) in [5.74, 6) is -0.150. The van der Waals surface area contributed by atoms with Gasteiger partial charge in [0.15, 0.2) is 5.16 Å². The van der Waals surface area contributed by atoms with Gasteiger partial charge in [0, 0.05) is 16.3 Å². The van der Waals surface area contributed by atoms with Crippen LogP contribution in [-0.2, 0) is 17.6 Å². The Balaban J connectivity index is 1.69. The Kier molecular flexibility index (Phi) is 5.26. The number of aryl methyl sites for hydroxylation is 1. The van der Waals surface area contributed by atoms with Crippen LogP contribution in [0.1, 0.15) is 31.0 Å². The van der Waals surface area contributed by atoms with Crippen molar-refractivity contribution in [1.29, 1.82) is 0 Å². The molecule has 0 spiro atoms. The number of benzene rings is 1. The maximum Gasteiger partial charge on any atom is 0.254 e. The number of amides is 1. The van der Waals surface area contributed by atoms with Crippen LogP contribution in [0.25, 0.3) is 0 Å².